The Kier molecular flexibility index (Phi) is 3.35. The van der Waals surface area contributed by atoms with E-state index in [1.54, 1.807) is 11.3 Å². The van der Waals surface area contributed by atoms with Crippen LogP contribution in [-0.4, -0.2) is 22.6 Å². The molecule has 112 valence electrons. The first-order valence-electron chi connectivity index (χ1n) is 7.10. The quantitative estimate of drug-likeness (QED) is 0.798. The number of fused-ring (bicyclic) bond motifs is 2. The molecule has 0 atom stereocenters. The average molecular weight is 330 g/mol. The van der Waals surface area contributed by atoms with Crippen molar-refractivity contribution in [2.45, 2.75) is 19.4 Å². The first kappa shape index (κ1) is 13.7. The molecule has 0 spiro atoms. The maximum atomic E-state index is 10.8. The zero-order chi connectivity index (χ0) is 15.1. The highest BCUT2D eigenvalue weighted by Gasteiger charge is 2.20. The molecule has 0 amide bonds. The van der Waals surface area contributed by atoms with E-state index in [1.807, 2.05) is 29.5 Å². The van der Waals surface area contributed by atoms with E-state index in [2.05, 4.69) is 16.3 Å². The third-order valence-corrected chi connectivity index (χ3v) is 5.92. The van der Waals surface area contributed by atoms with Crippen molar-refractivity contribution in [3.63, 3.8) is 0 Å². The highest BCUT2D eigenvalue weighted by atomic mass is 32.1. The van der Waals surface area contributed by atoms with E-state index in [9.17, 15) is 4.79 Å². The predicted octanol–water partition coefficient (Wildman–Crippen LogP) is 3.55. The highest BCUT2D eigenvalue weighted by Crippen LogP contribution is 2.33. The average Bonchev–Trinajstić information content (AvgIpc) is 3.11. The SMILES string of the molecule is O=C(O)Cc1ccc2nc(N3CCc4ccsc4C3)sc2c1. The van der Waals surface area contributed by atoms with E-state index >= 15 is 0 Å². The molecule has 0 unspecified atom stereocenters. The summed E-state index contributed by atoms with van der Waals surface area (Å²) in [5.41, 5.74) is 3.24. The van der Waals surface area contributed by atoms with Crippen molar-refractivity contribution >= 4 is 44.0 Å². The second-order valence-electron chi connectivity index (χ2n) is 5.41. The normalized spacial score (nSPS) is 14.3. The molecule has 1 aromatic carbocycles. The fourth-order valence-corrected chi connectivity index (χ4v) is 4.78. The Balaban J connectivity index is 1.64. The van der Waals surface area contributed by atoms with Gasteiger partial charge in [-0.15, -0.1) is 11.3 Å². The lowest BCUT2D eigenvalue weighted by atomic mass is 10.1. The lowest BCUT2D eigenvalue weighted by molar-refractivity contribution is -0.136. The predicted molar refractivity (Wildman–Crippen MR) is 90.0 cm³/mol. The molecule has 0 saturated heterocycles. The molecule has 1 N–H and O–H groups in total. The number of nitrogens with zero attached hydrogens (tertiary/aromatic N) is 2. The molecule has 6 heteroatoms. The molecule has 0 fully saturated rings. The number of hydrogen-bond acceptors (Lipinski definition) is 5. The van der Waals surface area contributed by atoms with E-state index in [4.69, 9.17) is 10.1 Å². The number of carbonyl (C=O) groups is 1. The first-order chi connectivity index (χ1) is 10.7. The molecule has 4 nitrogen and oxygen atoms in total. The second kappa shape index (κ2) is 5.37. The van der Waals surface area contributed by atoms with E-state index in [-0.39, 0.29) is 6.42 Å². The zero-order valence-corrected chi connectivity index (χ0v) is 13.4. The number of thiophene rings is 1. The van der Waals surface area contributed by atoms with E-state index in [0.717, 1.165) is 40.4 Å². The molecule has 22 heavy (non-hydrogen) atoms. The molecule has 3 aromatic rings. The summed E-state index contributed by atoms with van der Waals surface area (Å²) in [6, 6.07) is 7.95. The molecular formula is C16H14N2O2S2. The summed E-state index contributed by atoms with van der Waals surface area (Å²) in [7, 11) is 0. The zero-order valence-electron chi connectivity index (χ0n) is 11.8. The lowest BCUT2D eigenvalue weighted by Gasteiger charge is -2.26. The van der Waals surface area contributed by atoms with Gasteiger partial charge < -0.3 is 10.0 Å². The summed E-state index contributed by atoms with van der Waals surface area (Å²) < 4.78 is 1.06. The number of aromatic nitrogens is 1. The smallest absolute Gasteiger partial charge is 0.307 e. The van der Waals surface area contributed by atoms with Gasteiger partial charge in [-0.25, -0.2) is 4.98 Å². The van der Waals surface area contributed by atoms with Gasteiger partial charge >= 0.3 is 5.97 Å². The number of carboxylic acids is 1. The Morgan fingerprint density at radius 3 is 3.14 bits per heavy atom. The topological polar surface area (TPSA) is 53.4 Å². The molecule has 0 saturated carbocycles. The summed E-state index contributed by atoms with van der Waals surface area (Å²) in [6.07, 6.45) is 1.13. The first-order valence-corrected chi connectivity index (χ1v) is 8.80. The minimum absolute atomic E-state index is 0.0610. The van der Waals surface area contributed by atoms with Gasteiger partial charge in [-0.2, -0.15) is 0 Å². The standard InChI is InChI=1S/C16H14N2O2S2/c19-15(20)8-10-1-2-12-13(7-10)22-16(17-12)18-5-3-11-4-6-21-14(11)9-18/h1-2,4,6-7H,3,5,8-9H2,(H,19,20). The number of benzene rings is 1. The fourth-order valence-electron chi connectivity index (χ4n) is 2.78. The second-order valence-corrected chi connectivity index (χ2v) is 7.42. The van der Waals surface area contributed by atoms with Crippen molar-refractivity contribution in [1.29, 1.82) is 0 Å². The van der Waals surface area contributed by atoms with Crippen molar-refractivity contribution < 1.29 is 9.90 Å². The third-order valence-electron chi connectivity index (χ3n) is 3.89. The van der Waals surface area contributed by atoms with Crippen LogP contribution in [0.15, 0.2) is 29.6 Å². The van der Waals surface area contributed by atoms with Crippen LogP contribution in [-0.2, 0) is 24.2 Å². The molecule has 1 aliphatic rings. The maximum absolute atomic E-state index is 10.8. The Labute approximate surface area is 135 Å². The van der Waals surface area contributed by atoms with Crippen LogP contribution in [0.25, 0.3) is 10.2 Å². The van der Waals surface area contributed by atoms with Crippen LogP contribution in [0.1, 0.15) is 16.0 Å². The summed E-state index contributed by atoms with van der Waals surface area (Å²) in [5, 5.41) is 12.1. The van der Waals surface area contributed by atoms with E-state index in [0.29, 0.717) is 0 Å². The number of anilines is 1. The largest absolute Gasteiger partial charge is 0.481 e. The Bertz CT molecular complexity index is 853. The van der Waals surface area contributed by atoms with Crippen LogP contribution >= 0.6 is 22.7 Å². The third kappa shape index (κ3) is 2.48. The van der Waals surface area contributed by atoms with E-state index < -0.39 is 5.97 Å². The molecule has 3 heterocycles. The maximum Gasteiger partial charge on any atom is 0.307 e. The summed E-state index contributed by atoms with van der Waals surface area (Å²) in [5.74, 6) is -0.801. The van der Waals surface area contributed by atoms with Gasteiger partial charge in [0.25, 0.3) is 0 Å². The van der Waals surface area contributed by atoms with Gasteiger partial charge in [0.05, 0.1) is 23.2 Å². The van der Waals surface area contributed by atoms with Crippen molar-refractivity contribution in [2.75, 3.05) is 11.4 Å². The number of hydrogen-bond donors (Lipinski definition) is 1. The van der Waals surface area contributed by atoms with E-state index in [1.165, 1.54) is 10.4 Å². The van der Waals surface area contributed by atoms with Gasteiger partial charge in [0, 0.05) is 11.4 Å². The van der Waals surface area contributed by atoms with Crippen molar-refractivity contribution in [3.8, 4) is 0 Å². The molecule has 2 aromatic heterocycles. The number of rotatable bonds is 3. The van der Waals surface area contributed by atoms with Gasteiger partial charge in [0.2, 0.25) is 0 Å². The Morgan fingerprint density at radius 1 is 1.36 bits per heavy atom. The highest BCUT2D eigenvalue weighted by molar-refractivity contribution is 7.22. The minimum Gasteiger partial charge on any atom is -0.481 e. The fraction of sp³-hybridized carbons (Fsp3) is 0.250. The number of carboxylic acid groups (broad SMARTS) is 1. The molecular weight excluding hydrogens is 316 g/mol. The number of aliphatic carboxylic acids is 1. The van der Waals surface area contributed by atoms with Crippen molar-refractivity contribution in [3.05, 3.63) is 45.6 Å². The van der Waals surface area contributed by atoms with Crippen LogP contribution in [0.4, 0.5) is 5.13 Å². The number of thiazole rings is 1. The van der Waals surface area contributed by atoms with Gasteiger partial charge in [-0.05, 0) is 41.1 Å². The van der Waals surface area contributed by atoms with Crippen LogP contribution in [0.3, 0.4) is 0 Å². The van der Waals surface area contributed by atoms with Crippen LogP contribution in [0.5, 0.6) is 0 Å². The Hall–Kier alpha value is -1.92. The monoisotopic (exact) mass is 330 g/mol. The molecule has 0 aliphatic carbocycles. The summed E-state index contributed by atoms with van der Waals surface area (Å²) >= 11 is 3.46. The lowest BCUT2D eigenvalue weighted by Crippen LogP contribution is -2.29. The molecule has 0 bridgehead atoms. The Morgan fingerprint density at radius 2 is 2.27 bits per heavy atom. The van der Waals surface area contributed by atoms with Crippen molar-refractivity contribution in [1.82, 2.24) is 4.98 Å². The summed E-state index contributed by atoms with van der Waals surface area (Å²) in [4.78, 5) is 19.3. The van der Waals surface area contributed by atoms with Gasteiger partial charge in [-0.3, -0.25) is 4.79 Å². The van der Waals surface area contributed by atoms with Gasteiger partial charge in [0.1, 0.15) is 0 Å². The molecule has 4 rings (SSSR count). The van der Waals surface area contributed by atoms with Crippen LogP contribution < -0.4 is 4.90 Å². The molecule has 1 aliphatic heterocycles. The van der Waals surface area contributed by atoms with Crippen LogP contribution in [0.2, 0.25) is 0 Å². The molecule has 0 radical (unpaired) electrons. The van der Waals surface area contributed by atoms with Crippen LogP contribution in [0, 0.1) is 0 Å². The van der Waals surface area contributed by atoms with Gasteiger partial charge in [-0.1, -0.05) is 17.4 Å². The minimum atomic E-state index is -0.801. The summed E-state index contributed by atoms with van der Waals surface area (Å²) in [6.45, 7) is 1.92. The van der Waals surface area contributed by atoms with Gasteiger partial charge in [0.15, 0.2) is 5.13 Å². The van der Waals surface area contributed by atoms with Crippen molar-refractivity contribution in [2.24, 2.45) is 0 Å².